The molecule has 0 spiro atoms. The molecule has 4 nitrogen and oxygen atoms in total. The number of carbonyl (C=O) groups is 2. The van der Waals surface area contributed by atoms with Crippen molar-refractivity contribution in [2.45, 2.75) is 32.4 Å². The maximum absolute atomic E-state index is 13.4. The zero-order valence-electron chi connectivity index (χ0n) is 10.9. The van der Waals surface area contributed by atoms with Crippen molar-refractivity contribution >= 4 is 28.3 Å². The van der Waals surface area contributed by atoms with E-state index in [0.717, 1.165) is 0 Å². The first-order valence-electron chi connectivity index (χ1n) is 5.63. The normalized spacial score (nSPS) is 12.7. The van der Waals surface area contributed by atoms with Crippen molar-refractivity contribution in [2.24, 2.45) is 0 Å². The third-order valence-corrected chi connectivity index (χ3v) is 2.96. The smallest absolute Gasteiger partial charge is 0.408 e. The second-order valence-corrected chi connectivity index (χ2v) is 5.70. The van der Waals surface area contributed by atoms with Gasteiger partial charge >= 0.3 is 6.09 Å². The van der Waals surface area contributed by atoms with Crippen molar-refractivity contribution in [3.8, 4) is 0 Å². The molecule has 0 aliphatic carbocycles. The number of hydrogen-bond acceptors (Lipinski definition) is 3. The number of ether oxygens (including phenoxy) is 1. The minimum Gasteiger partial charge on any atom is -0.444 e. The summed E-state index contributed by atoms with van der Waals surface area (Å²) >= 11 is 3.05. The van der Waals surface area contributed by atoms with Crippen LogP contribution in [0.3, 0.4) is 0 Å². The van der Waals surface area contributed by atoms with Gasteiger partial charge in [0.1, 0.15) is 23.7 Å². The van der Waals surface area contributed by atoms with Gasteiger partial charge in [0.25, 0.3) is 0 Å². The molecular weight excluding hydrogens is 317 g/mol. The number of aldehydes is 1. The lowest BCUT2D eigenvalue weighted by atomic mass is 10.1. The first-order valence-corrected chi connectivity index (χ1v) is 6.42. The molecule has 0 heterocycles. The molecule has 1 atom stereocenters. The van der Waals surface area contributed by atoms with Gasteiger partial charge in [-0.3, -0.25) is 0 Å². The van der Waals surface area contributed by atoms with E-state index in [1.165, 1.54) is 12.1 Å². The van der Waals surface area contributed by atoms with Gasteiger partial charge in [-0.2, -0.15) is 0 Å². The van der Waals surface area contributed by atoms with Crippen molar-refractivity contribution in [1.82, 2.24) is 5.32 Å². The minimum atomic E-state index is -0.972. The summed E-state index contributed by atoms with van der Waals surface area (Å²) in [6.45, 7) is 5.13. The van der Waals surface area contributed by atoms with Crippen LogP contribution >= 0.6 is 15.9 Å². The molecule has 0 saturated heterocycles. The number of hydrogen-bond donors (Lipinski definition) is 1. The average molecular weight is 332 g/mol. The summed E-state index contributed by atoms with van der Waals surface area (Å²) in [6, 6.07) is 3.29. The molecular formula is C13H15BrFNO3. The fraction of sp³-hybridized carbons (Fsp3) is 0.385. The van der Waals surface area contributed by atoms with E-state index in [-0.39, 0.29) is 4.47 Å². The fourth-order valence-corrected chi connectivity index (χ4v) is 1.89. The van der Waals surface area contributed by atoms with Gasteiger partial charge in [0.2, 0.25) is 0 Å². The Morgan fingerprint density at radius 1 is 1.47 bits per heavy atom. The second-order valence-electron chi connectivity index (χ2n) is 4.90. The zero-order chi connectivity index (χ0) is 14.6. The van der Waals surface area contributed by atoms with Crippen molar-refractivity contribution < 1.29 is 18.7 Å². The first-order chi connectivity index (χ1) is 8.74. The van der Waals surface area contributed by atoms with Crippen molar-refractivity contribution in [2.75, 3.05) is 0 Å². The highest BCUT2D eigenvalue weighted by Crippen LogP contribution is 2.25. The van der Waals surface area contributed by atoms with Gasteiger partial charge in [-0.25, -0.2) is 9.18 Å². The lowest BCUT2D eigenvalue weighted by Gasteiger charge is -2.22. The standard InChI is InChI=1S/C13H15BrFNO3/c1-13(2,3)19-12(18)16-10(7-17)8-5-4-6-9(15)11(8)14/h4-7,10H,1-3H3,(H,16,18). The first kappa shape index (κ1) is 15.6. The highest BCUT2D eigenvalue weighted by Gasteiger charge is 2.22. The third kappa shape index (κ3) is 4.63. The van der Waals surface area contributed by atoms with Crippen molar-refractivity contribution in [3.63, 3.8) is 0 Å². The van der Waals surface area contributed by atoms with E-state index in [4.69, 9.17) is 4.74 Å². The maximum Gasteiger partial charge on any atom is 0.408 e. The molecule has 6 heteroatoms. The van der Waals surface area contributed by atoms with Crippen LogP contribution in [0.4, 0.5) is 9.18 Å². The quantitative estimate of drug-likeness (QED) is 0.864. The van der Waals surface area contributed by atoms with Gasteiger partial charge < -0.3 is 14.8 Å². The third-order valence-electron chi connectivity index (χ3n) is 2.12. The number of halogens is 2. The van der Waals surface area contributed by atoms with Crippen LogP contribution in [-0.2, 0) is 9.53 Å². The van der Waals surface area contributed by atoms with E-state index < -0.39 is 23.6 Å². The van der Waals surface area contributed by atoms with E-state index in [1.54, 1.807) is 26.8 Å². The summed E-state index contributed by atoms with van der Waals surface area (Å²) in [4.78, 5) is 22.7. The van der Waals surface area contributed by atoms with Crippen LogP contribution in [-0.4, -0.2) is 18.0 Å². The Balaban J connectivity index is 2.87. The lowest BCUT2D eigenvalue weighted by molar-refractivity contribution is -0.109. The molecule has 0 fully saturated rings. The van der Waals surface area contributed by atoms with Crippen molar-refractivity contribution in [1.29, 1.82) is 0 Å². The Bertz CT molecular complexity index is 485. The van der Waals surface area contributed by atoms with Crippen LogP contribution < -0.4 is 5.32 Å². The molecule has 1 aromatic carbocycles. The molecule has 0 saturated carbocycles. The molecule has 1 unspecified atom stereocenters. The summed E-state index contributed by atoms with van der Waals surface area (Å²) in [6.07, 6.45) is -0.218. The number of benzene rings is 1. The van der Waals surface area contributed by atoms with Crippen LogP contribution in [0.15, 0.2) is 22.7 Å². The van der Waals surface area contributed by atoms with E-state index >= 15 is 0 Å². The Morgan fingerprint density at radius 2 is 2.11 bits per heavy atom. The molecule has 1 aromatic rings. The number of alkyl carbamates (subject to hydrolysis) is 1. The molecule has 1 amide bonds. The van der Waals surface area contributed by atoms with Gasteiger partial charge in [-0.05, 0) is 48.3 Å². The van der Waals surface area contributed by atoms with Crippen LogP contribution in [0.5, 0.6) is 0 Å². The molecule has 0 aliphatic rings. The molecule has 104 valence electrons. The minimum absolute atomic E-state index is 0.142. The molecule has 0 bridgehead atoms. The SMILES string of the molecule is CC(C)(C)OC(=O)NC(C=O)c1cccc(F)c1Br. The summed E-state index contributed by atoms with van der Waals surface area (Å²) in [5, 5.41) is 2.38. The lowest BCUT2D eigenvalue weighted by Crippen LogP contribution is -2.35. The Kier molecular flexibility index (Phi) is 5.05. The van der Waals surface area contributed by atoms with E-state index in [2.05, 4.69) is 21.2 Å². The maximum atomic E-state index is 13.4. The number of nitrogens with one attached hydrogen (secondary N) is 1. The summed E-state index contributed by atoms with van der Waals surface area (Å²) in [5.74, 6) is -0.504. The Hall–Kier alpha value is -1.43. The molecule has 0 radical (unpaired) electrons. The topological polar surface area (TPSA) is 55.4 Å². The highest BCUT2D eigenvalue weighted by atomic mass is 79.9. The largest absolute Gasteiger partial charge is 0.444 e. The van der Waals surface area contributed by atoms with E-state index in [1.807, 2.05) is 0 Å². The predicted molar refractivity (Wildman–Crippen MR) is 72.3 cm³/mol. The summed E-state index contributed by atoms with van der Waals surface area (Å²) < 4.78 is 18.6. The van der Waals surface area contributed by atoms with Crippen LogP contribution in [0.2, 0.25) is 0 Å². The Morgan fingerprint density at radius 3 is 2.63 bits per heavy atom. The van der Waals surface area contributed by atoms with Gasteiger partial charge in [-0.1, -0.05) is 12.1 Å². The molecule has 0 aromatic heterocycles. The van der Waals surface area contributed by atoms with Crippen LogP contribution in [0.25, 0.3) is 0 Å². The van der Waals surface area contributed by atoms with E-state index in [9.17, 15) is 14.0 Å². The number of carbonyl (C=O) groups excluding carboxylic acids is 2. The average Bonchev–Trinajstić information content (AvgIpc) is 2.27. The van der Waals surface area contributed by atoms with E-state index in [0.29, 0.717) is 11.8 Å². The predicted octanol–water partition coefficient (Wildman–Crippen LogP) is 3.35. The summed E-state index contributed by atoms with van der Waals surface area (Å²) in [7, 11) is 0. The highest BCUT2D eigenvalue weighted by molar-refractivity contribution is 9.10. The fourth-order valence-electron chi connectivity index (χ4n) is 1.38. The molecule has 0 aliphatic heterocycles. The van der Waals surface area contributed by atoms with Crippen LogP contribution in [0.1, 0.15) is 32.4 Å². The summed E-state index contributed by atoms with van der Waals surface area (Å²) in [5.41, 5.74) is -0.336. The number of rotatable bonds is 3. The molecule has 19 heavy (non-hydrogen) atoms. The van der Waals surface area contributed by atoms with Crippen molar-refractivity contribution in [3.05, 3.63) is 34.1 Å². The molecule has 1 N–H and O–H groups in total. The van der Waals surface area contributed by atoms with Crippen LogP contribution in [0, 0.1) is 5.82 Å². The monoisotopic (exact) mass is 331 g/mol. The van der Waals surface area contributed by atoms with Gasteiger partial charge in [0.05, 0.1) is 4.47 Å². The second kappa shape index (κ2) is 6.14. The van der Waals surface area contributed by atoms with Gasteiger partial charge in [0, 0.05) is 0 Å². The molecule has 1 rings (SSSR count). The van der Waals surface area contributed by atoms with Gasteiger partial charge in [-0.15, -0.1) is 0 Å². The number of amides is 1. The van der Waals surface area contributed by atoms with Gasteiger partial charge in [0.15, 0.2) is 0 Å². The Labute approximate surface area is 119 Å². The zero-order valence-corrected chi connectivity index (χ0v) is 12.5.